The third-order valence-electron chi connectivity index (χ3n) is 5.22. The van der Waals surface area contributed by atoms with Crippen LogP contribution in [0.1, 0.15) is 5.56 Å². The molecule has 33 heavy (non-hydrogen) atoms. The molecule has 0 bridgehead atoms. The van der Waals surface area contributed by atoms with Crippen LogP contribution in [0.25, 0.3) is 22.2 Å². The number of rotatable bonds is 5. The van der Waals surface area contributed by atoms with Crippen molar-refractivity contribution in [2.75, 3.05) is 19.0 Å². The molecule has 0 saturated heterocycles. The van der Waals surface area contributed by atoms with Crippen molar-refractivity contribution >= 4 is 44.6 Å². The second-order valence-electron chi connectivity index (χ2n) is 7.68. The molecule has 0 aliphatic rings. The van der Waals surface area contributed by atoms with E-state index in [1.807, 2.05) is 92.4 Å². The summed E-state index contributed by atoms with van der Waals surface area (Å²) in [6.45, 7) is 0. The van der Waals surface area contributed by atoms with E-state index in [9.17, 15) is 0 Å². The predicted molar refractivity (Wildman–Crippen MR) is 137 cm³/mol. The van der Waals surface area contributed by atoms with Gasteiger partial charge < -0.3 is 9.88 Å². The number of hydrogen-bond donors (Lipinski definition) is 1. The van der Waals surface area contributed by atoms with E-state index in [-0.39, 0.29) is 0 Å². The van der Waals surface area contributed by atoms with Gasteiger partial charge in [0.1, 0.15) is 0 Å². The number of aliphatic imine (C=N–C) groups is 1. The Morgan fingerprint density at radius 1 is 0.909 bits per heavy atom. The summed E-state index contributed by atoms with van der Waals surface area (Å²) in [4.78, 5) is 14.9. The number of H-pyrrole nitrogens is 1. The smallest absolute Gasteiger partial charge is 0.211 e. The summed E-state index contributed by atoms with van der Waals surface area (Å²) < 4.78 is 0. The first-order chi connectivity index (χ1) is 16.2. The van der Waals surface area contributed by atoms with Gasteiger partial charge in [-0.25, -0.2) is 4.98 Å². The molecule has 0 amide bonds. The van der Waals surface area contributed by atoms with Crippen LogP contribution in [0.15, 0.2) is 106 Å². The van der Waals surface area contributed by atoms with Crippen molar-refractivity contribution < 1.29 is 0 Å². The standard InChI is InChI=1S/C26H22N6S/c1-32(2)20-14-12-18(13-15-20)25(31-30-19-8-4-3-5-9-19)29-26-28-24(17-33-26)22-16-27-23-11-7-6-10-21(22)23/h3-17,27H,1-2H3/b29-25+,31-30?. The van der Waals surface area contributed by atoms with Gasteiger partial charge in [0.05, 0.1) is 11.4 Å². The summed E-state index contributed by atoms with van der Waals surface area (Å²) >= 11 is 1.49. The van der Waals surface area contributed by atoms with Crippen molar-refractivity contribution in [3.8, 4) is 11.3 Å². The highest BCUT2D eigenvalue weighted by atomic mass is 32.1. The van der Waals surface area contributed by atoms with Crippen molar-refractivity contribution in [1.82, 2.24) is 9.97 Å². The summed E-state index contributed by atoms with van der Waals surface area (Å²) in [6.07, 6.45) is 1.99. The molecular weight excluding hydrogens is 428 g/mol. The topological polar surface area (TPSA) is 69.0 Å². The lowest BCUT2D eigenvalue weighted by atomic mass is 10.1. The molecular formula is C26H22N6S. The van der Waals surface area contributed by atoms with Gasteiger partial charge in [-0.05, 0) is 42.5 Å². The van der Waals surface area contributed by atoms with Crippen LogP contribution >= 0.6 is 11.3 Å². The van der Waals surface area contributed by atoms with Crippen molar-refractivity contribution in [3.05, 3.63) is 96.0 Å². The first kappa shape index (κ1) is 20.8. The molecule has 0 saturated carbocycles. The van der Waals surface area contributed by atoms with Crippen LogP contribution < -0.4 is 4.90 Å². The van der Waals surface area contributed by atoms with E-state index >= 15 is 0 Å². The number of amidine groups is 1. The van der Waals surface area contributed by atoms with Crippen LogP contribution in [0, 0.1) is 0 Å². The van der Waals surface area contributed by atoms with Crippen LogP contribution in [-0.2, 0) is 0 Å². The van der Waals surface area contributed by atoms with Gasteiger partial charge in [-0.1, -0.05) is 36.4 Å². The zero-order valence-electron chi connectivity index (χ0n) is 18.3. The molecule has 7 heteroatoms. The number of anilines is 1. The lowest BCUT2D eigenvalue weighted by molar-refractivity contribution is 1.13. The Labute approximate surface area is 196 Å². The number of aromatic amines is 1. The van der Waals surface area contributed by atoms with Gasteiger partial charge in [-0.3, -0.25) is 0 Å². The molecule has 0 radical (unpaired) electrons. The summed E-state index contributed by atoms with van der Waals surface area (Å²) in [6, 6.07) is 26.0. The molecule has 2 heterocycles. The van der Waals surface area contributed by atoms with Gasteiger partial charge in [0.15, 0.2) is 5.84 Å². The molecule has 0 aliphatic heterocycles. The maximum Gasteiger partial charge on any atom is 0.211 e. The van der Waals surface area contributed by atoms with E-state index in [4.69, 9.17) is 9.98 Å². The Kier molecular flexibility index (Phi) is 5.78. The van der Waals surface area contributed by atoms with Crippen molar-refractivity contribution in [2.45, 2.75) is 0 Å². The number of para-hydroxylation sites is 1. The average Bonchev–Trinajstić information content (AvgIpc) is 3.49. The van der Waals surface area contributed by atoms with Gasteiger partial charge >= 0.3 is 0 Å². The zero-order valence-corrected chi connectivity index (χ0v) is 19.1. The van der Waals surface area contributed by atoms with E-state index in [1.54, 1.807) is 0 Å². The highest BCUT2D eigenvalue weighted by Crippen LogP contribution is 2.32. The second-order valence-corrected chi connectivity index (χ2v) is 8.51. The minimum Gasteiger partial charge on any atom is -0.378 e. The fourth-order valence-corrected chi connectivity index (χ4v) is 4.15. The number of nitrogens with one attached hydrogen (secondary N) is 1. The lowest BCUT2D eigenvalue weighted by Gasteiger charge is -2.12. The number of azo groups is 1. The van der Waals surface area contributed by atoms with Crippen molar-refractivity contribution in [1.29, 1.82) is 0 Å². The first-order valence-electron chi connectivity index (χ1n) is 10.5. The summed E-state index contributed by atoms with van der Waals surface area (Å²) in [5, 5.41) is 12.7. The lowest BCUT2D eigenvalue weighted by Crippen LogP contribution is -2.08. The Balaban J connectivity index is 1.52. The molecule has 0 fully saturated rings. The van der Waals surface area contributed by atoms with E-state index < -0.39 is 0 Å². The summed E-state index contributed by atoms with van der Waals surface area (Å²) in [7, 11) is 4.03. The van der Waals surface area contributed by atoms with E-state index in [1.165, 1.54) is 11.3 Å². The normalized spacial score (nSPS) is 12.0. The predicted octanol–water partition coefficient (Wildman–Crippen LogP) is 7.22. The molecule has 0 spiro atoms. The van der Waals surface area contributed by atoms with Gasteiger partial charge in [0.2, 0.25) is 5.13 Å². The van der Waals surface area contributed by atoms with E-state index in [0.29, 0.717) is 11.0 Å². The van der Waals surface area contributed by atoms with Crippen LogP contribution in [0.3, 0.4) is 0 Å². The highest BCUT2D eigenvalue weighted by molar-refractivity contribution is 7.13. The number of hydrogen-bond acceptors (Lipinski definition) is 5. The molecule has 1 N–H and O–H groups in total. The number of nitrogens with zero attached hydrogens (tertiary/aromatic N) is 5. The Morgan fingerprint density at radius 3 is 2.45 bits per heavy atom. The molecule has 6 nitrogen and oxygen atoms in total. The maximum absolute atomic E-state index is 4.77. The van der Waals surface area contributed by atoms with Crippen LogP contribution in [-0.4, -0.2) is 29.9 Å². The molecule has 162 valence electrons. The molecule has 0 aliphatic carbocycles. The molecule has 0 atom stereocenters. The number of thiazole rings is 1. The van der Waals surface area contributed by atoms with Crippen LogP contribution in [0.5, 0.6) is 0 Å². The Hall–Kier alpha value is -4.10. The highest BCUT2D eigenvalue weighted by Gasteiger charge is 2.11. The molecule has 2 aromatic heterocycles. The summed E-state index contributed by atoms with van der Waals surface area (Å²) in [5.74, 6) is 0.518. The van der Waals surface area contributed by atoms with Gasteiger partial charge in [0, 0.05) is 53.4 Å². The maximum atomic E-state index is 4.77. The number of fused-ring (bicyclic) bond motifs is 1. The van der Waals surface area contributed by atoms with Crippen molar-refractivity contribution in [3.63, 3.8) is 0 Å². The third kappa shape index (κ3) is 4.58. The minimum atomic E-state index is 0.518. The zero-order chi connectivity index (χ0) is 22.6. The third-order valence-corrected chi connectivity index (χ3v) is 5.95. The van der Waals surface area contributed by atoms with Crippen LogP contribution in [0.2, 0.25) is 0 Å². The number of benzene rings is 3. The van der Waals surface area contributed by atoms with Gasteiger partial charge in [0.25, 0.3) is 0 Å². The van der Waals surface area contributed by atoms with E-state index in [0.717, 1.165) is 39.1 Å². The summed E-state index contributed by atoms with van der Waals surface area (Å²) in [5.41, 5.74) is 5.79. The van der Waals surface area contributed by atoms with Crippen LogP contribution in [0.4, 0.5) is 16.5 Å². The van der Waals surface area contributed by atoms with Gasteiger partial charge in [-0.15, -0.1) is 21.6 Å². The molecule has 0 unspecified atom stereocenters. The van der Waals surface area contributed by atoms with Crippen molar-refractivity contribution in [2.24, 2.45) is 15.2 Å². The average molecular weight is 451 g/mol. The number of aromatic nitrogens is 2. The van der Waals surface area contributed by atoms with Gasteiger partial charge in [-0.2, -0.15) is 4.99 Å². The molecule has 5 rings (SSSR count). The molecule has 3 aromatic carbocycles. The monoisotopic (exact) mass is 450 g/mol. The second kappa shape index (κ2) is 9.18. The molecule has 5 aromatic rings. The quantitative estimate of drug-likeness (QED) is 0.174. The Bertz CT molecular complexity index is 1430. The Morgan fingerprint density at radius 2 is 1.67 bits per heavy atom. The van der Waals surface area contributed by atoms with E-state index in [2.05, 4.69) is 32.2 Å². The first-order valence-corrected chi connectivity index (χ1v) is 11.4. The largest absolute Gasteiger partial charge is 0.378 e. The SMILES string of the molecule is CN(C)c1ccc(/C(N=Nc2ccccc2)=N\c2nc(-c3c[nH]c4ccccc34)cs2)cc1. The fraction of sp³-hybridized carbons (Fsp3) is 0.0769. The fourth-order valence-electron chi connectivity index (χ4n) is 3.47. The minimum absolute atomic E-state index is 0.518.